The second kappa shape index (κ2) is 8.95. The number of ether oxygens (including phenoxy) is 1. The molecule has 1 rings (SSSR count). The molecular formula is C16H28N2O2. The van der Waals surface area contributed by atoms with Gasteiger partial charge in [-0.15, -0.1) is 0 Å². The molecule has 1 unspecified atom stereocenters. The minimum atomic E-state index is -0.485. The van der Waals surface area contributed by atoms with Crippen LogP contribution in [0.4, 0.5) is 0 Å². The van der Waals surface area contributed by atoms with E-state index in [1.165, 1.54) is 0 Å². The maximum Gasteiger partial charge on any atom is 0.125 e. The van der Waals surface area contributed by atoms with E-state index in [1.54, 1.807) is 0 Å². The van der Waals surface area contributed by atoms with E-state index in [0.717, 1.165) is 36.5 Å². The van der Waals surface area contributed by atoms with Gasteiger partial charge in [-0.1, -0.05) is 25.1 Å². The number of nitrogens with zero attached hydrogens (tertiary/aromatic N) is 1. The molecule has 0 spiro atoms. The van der Waals surface area contributed by atoms with Crippen molar-refractivity contribution >= 4 is 0 Å². The van der Waals surface area contributed by atoms with Crippen LogP contribution >= 0.6 is 0 Å². The topological polar surface area (TPSA) is 44.7 Å². The van der Waals surface area contributed by atoms with Crippen LogP contribution in [-0.4, -0.2) is 55.9 Å². The summed E-state index contributed by atoms with van der Waals surface area (Å²) >= 11 is 0. The number of aliphatic hydroxyl groups excluding tert-OH is 1. The predicted octanol–water partition coefficient (Wildman–Crippen LogP) is 1.58. The van der Waals surface area contributed by atoms with Gasteiger partial charge in [-0.05, 0) is 38.6 Å². The van der Waals surface area contributed by atoms with E-state index in [1.807, 2.05) is 32.0 Å². The van der Waals surface area contributed by atoms with Crippen molar-refractivity contribution in [1.82, 2.24) is 10.2 Å². The molecule has 0 aromatic heterocycles. The standard InChI is InChI=1S/C16H28N2O2/c1-5-18(4)10-9-17-11-15(19)12-20-16-13(2)7-6-8-14(16)3/h6-8,15,17,19H,5,9-12H2,1-4H3. The largest absolute Gasteiger partial charge is 0.490 e. The van der Waals surface area contributed by atoms with Crippen LogP contribution in [0.5, 0.6) is 5.75 Å². The van der Waals surface area contributed by atoms with Gasteiger partial charge >= 0.3 is 0 Å². The normalized spacial score (nSPS) is 12.7. The summed E-state index contributed by atoms with van der Waals surface area (Å²) < 4.78 is 5.73. The third kappa shape index (κ3) is 5.90. The fourth-order valence-corrected chi connectivity index (χ4v) is 1.96. The van der Waals surface area contributed by atoms with Gasteiger partial charge in [-0.25, -0.2) is 0 Å². The van der Waals surface area contributed by atoms with Crippen molar-refractivity contribution in [3.05, 3.63) is 29.3 Å². The second-order valence-electron chi connectivity index (χ2n) is 5.29. The lowest BCUT2D eigenvalue weighted by Crippen LogP contribution is -2.36. The molecule has 20 heavy (non-hydrogen) atoms. The molecule has 4 nitrogen and oxygen atoms in total. The molecule has 1 atom stereocenters. The fraction of sp³-hybridized carbons (Fsp3) is 0.625. The van der Waals surface area contributed by atoms with E-state index in [9.17, 15) is 5.11 Å². The highest BCUT2D eigenvalue weighted by molar-refractivity contribution is 5.39. The monoisotopic (exact) mass is 280 g/mol. The first kappa shape index (κ1) is 17.0. The summed E-state index contributed by atoms with van der Waals surface area (Å²) in [5.74, 6) is 0.886. The zero-order valence-electron chi connectivity index (χ0n) is 13.1. The number of para-hydroxylation sites is 1. The molecule has 4 heteroatoms. The quantitative estimate of drug-likeness (QED) is 0.674. The second-order valence-corrected chi connectivity index (χ2v) is 5.29. The summed E-state index contributed by atoms with van der Waals surface area (Å²) in [4.78, 5) is 2.23. The number of likely N-dealkylation sites (N-methyl/N-ethyl adjacent to an activating group) is 1. The highest BCUT2D eigenvalue weighted by atomic mass is 16.5. The van der Waals surface area contributed by atoms with Crippen molar-refractivity contribution in [2.45, 2.75) is 26.9 Å². The Morgan fingerprint density at radius 3 is 2.55 bits per heavy atom. The van der Waals surface area contributed by atoms with Crippen molar-refractivity contribution in [2.24, 2.45) is 0 Å². The molecule has 114 valence electrons. The third-order valence-electron chi connectivity index (χ3n) is 3.42. The molecule has 0 amide bonds. The van der Waals surface area contributed by atoms with Crippen LogP contribution in [0.1, 0.15) is 18.1 Å². The lowest BCUT2D eigenvalue weighted by molar-refractivity contribution is 0.105. The maximum atomic E-state index is 9.91. The number of aliphatic hydroxyl groups is 1. The van der Waals surface area contributed by atoms with Crippen molar-refractivity contribution in [3.8, 4) is 5.75 Å². The fourth-order valence-electron chi connectivity index (χ4n) is 1.96. The van der Waals surface area contributed by atoms with Gasteiger partial charge in [0.15, 0.2) is 0 Å². The van der Waals surface area contributed by atoms with Crippen LogP contribution in [0.15, 0.2) is 18.2 Å². The maximum absolute atomic E-state index is 9.91. The molecule has 0 heterocycles. The number of hydrogen-bond acceptors (Lipinski definition) is 4. The summed E-state index contributed by atoms with van der Waals surface area (Å²) in [5, 5.41) is 13.2. The highest BCUT2D eigenvalue weighted by Crippen LogP contribution is 2.22. The van der Waals surface area contributed by atoms with Crippen LogP contribution in [0, 0.1) is 13.8 Å². The average Bonchev–Trinajstić information content (AvgIpc) is 2.42. The average molecular weight is 280 g/mol. The summed E-state index contributed by atoms with van der Waals surface area (Å²) in [6, 6.07) is 6.06. The number of rotatable bonds is 9. The Labute approximate surface area is 122 Å². The zero-order valence-corrected chi connectivity index (χ0v) is 13.1. The van der Waals surface area contributed by atoms with E-state index in [2.05, 4.69) is 24.2 Å². The number of benzene rings is 1. The summed E-state index contributed by atoms with van der Waals surface area (Å²) in [5.41, 5.74) is 2.21. The van der Waals surface area contributed by atoms with E-state index >= 15 is 0 Å². The van der Waals surface area contributed by atoms with Crippen LogP contribution in [-0.2, 0) is 0 Å². The predicted molar refractivity (Wildman–Crippen MR) is 83.5 cm³/mol. The Hall–Kier alpha value is -1.10. The Bertz CT molecular complexity index is 376. The number of aryl methyl sites for hydroxylation is 2. The minimum Gasteiger partial charge on any atom is -0.490 e. The Morgan fingerprint density at radius 1 is 1.30 bits per heavy atom. The van der Waals surface area contributed by atoms with E-state index in [0.29, 0.717) is 13.2 Å². The smallest absolute Gasteiger partial charge is 0.125 e. The van der Waals surface area contributed by atoms with E-state index in [4.69, 9.17) is 4.74 Å². The molecule has 0 radical (unpaired) electrons. The summed E-state index contributed by atoms with van der Waals surface area (Å²) in [7, 11) is 2.09. The van der Waals surface area contributed by atoms with Crippen LogP contribution < -0.4 is 10.1 Å². The van der Waals surface area contributed by atoms with Crippen molar-refractivity contribution in [1.29, 1.82) is 0 Å². The van der Waals surface area contributed by atoms with Crippen LogP contribution in [0.3, 0.4) is 0 Å². The van der Waals surface area contributed by atoms with Crippen LogP contribution in [0.25, 0.3) is 0 Å². The molecule has 1 aromatic rings. The van der Waals surface area contributed by atoms with Gasteiger partial charge in [0.2, 0.25) is 0 Å². The molecule has 0 aliphatic heterocycles. The van der Waals surface area contributed by atoms with E-state index < -0.39 is 6.10 Å². The molecule has 0 saturated carbocycles. The van der Waals surface area contributed by atoms with E-state index in [-0.39, 0.29) is 0 Å². The van der Waals surface area contributed by atoms with Gasteiger partial charge in [-0.3, -0.25) is 0 Å². The Kier molecular flexibility index (Phi) is 7.59. The van der Waals surface area contributed by atoms with Crippen LogP contribution in [0.2, 0.25) is 0 Å². The first-order valence-corrected chi connectivity index (χ1v) is 7.31. The first-order valence-electron chi connectivity index (χ1n) is 7.31. The Morgan fingerprint density at radius 2 is 1.95 bits per heavy atom. The Balaban J connectivity index is 2.24. The molecule has 0 aliphatic carbocycles. The zero-order chi connectivity index (χ0) is 15.0. The van der Waals surface area contributed by atoms with Gasteiger partial charge in [0.05, 0.1) is 0 Å². The molecular weight excluding hydrogens is 252 g/mol. The van der Waals surface area contributed by atoms with Gasteiger partial charge in [0.1, 0.15) is 18.5 Å². The summed E-state index contributed by atoms with van der Waals surface area (Å²) in [6.07, 6.45) is -0.485. The number of nitrogens with one attached hydrogen (secondary N) is 1. The van der Waals surface area contributed by atoms with Gasteiger partial charge in [0, 0.05) is 19.6 Å². The van der Waals surface area contributed by atoms with Gasteiger partial charge < -0.3 is 20.1 Å². The molecule has 0 bridgehead atoms. The highest BCUT2D eigenvalue weighted by Gasteiger charge is 2.08. The lowest BCUT2D eigenvalue weighted by Gasteiger charge is -2.17. The minimum absolute atomic E-state index is 0.322. The van der Waals surface area contributed by atoms with Crippen molar-refractivity contribution in [2.75, 3.05) is 39.8 Å². The summed E-state index contributed by atoms with van der Waals surface area (Å²) in [6.45, 7) is 9.96. The molecule has 2 N–H and O–H groups in total. The van der Waals surface area contributed by atoms with Crippen molar-refractivity contribution < 1.29 is 9.84 Å². The third-order valence-corrected chi connectivity index (χ3v) is 3.42. The first-order chi connectivity index (χ1) is 9.54. The van der Waals surface area contributed by atoms with Crippen molar-refractivity contribution in [3.63, 3.8) is 0 Å². The SMILES string of the molecule is CCN(C)CCNCC(O)COc1c(C)cccc1C. The molecule has 0 fully saturated rings. The lowest BCUT2D eigenvalue weighted by atomic mass is 10.1. The molecule has 0 aliphatic rings. The molecule has 1 aromatic carbocycles. The number of hydrogen-bond donors (Lipinski definition) is 2. The van der Waals surface area contributed by atoms with Gasteiger partial charge in [0.25, 0.3) is 0 Å². The molecule has 0 saturated heterocycles. The van der Waals surface area contributed by atoms with Gasteiger partial charge in [-0.2, -0.15) is 0 Å².